The maximum Gasteiger partial charge on any atom is 0.334 e. The summed E-state index contributed by atoms with van der Waals surface area (Å²) in [5.41, 5.74) is 7.67. The number of primary amides is 1. The topological polar surface area (TPSA) is 155 Å². The number of benzene rings is 2. The maximum atomic E-state index is 13.3. The number of carboxylic acids is 1. The number of ether oxygens (including phenoxy) is 1. The number of hydrogen-bond acceptors (Lipinski definition) is 6. The molecule has 0 bridgehead atoms. The van der Waals surface area contributed by atoms with E-state index in [1.165, 1.54) is 13.3 Å². The Hall–Kier alpha value is -4.41. The normalized spacial score (nSPS) is 11.7. The zero-order chi connectivity index (χ0) is 26.8. The summed E-state index contributed by atoms with van der Waals surface area (Å²) in [5, 5.41) is 11.2. The van der Waals surface area contributed by atoms with Gasteiger partial charge in [0, 0.05) is 0 Å². The lowest BCUT2D eigenvalue weighted by molar-refractivity contribution is -0.141. The second kappa shape index (κ2) is 12.9. The van der Waals surface area contributed by atoms with E-state index in [1.807, 2.05) is 45.0 Å². The number of rotatable bonds is 10. The number of nitrogens with one attached hydrogen (secondary N) is 1. The van der Waals surface area contributed by atoms with Gasteiger partial charge in [0.2, 0.25) is 5.91 Å². The first-order chi connectivity index (χ1) is 17.0. The molecule has 0 aliphatic heterocycles. The largest absolute Gasteiger partial charge is 0.491 e. The fraction of sp³-hybridized carbons (Fsp3) is 0.320. The van der Waals surface area contributed by atoms with Gasteiger partial charge in [-0.05, 0) is 57.5 Å². The summed E-state index contributed by atoms with van der Waals surface area (Å²) >= 11 is 0. The van der Waals surface area contributed by atoms with Crippen molar-refractivity contribution in [2.75, 3.05) is 6.54 Å². The summed E-state index contributed by atoms with van der Waals surface area (Å²) in [6.45, 7) is 6.28. The number of amides is 5. The van der Waals surface area contributed by atoms with Crippen LogP contribution in [0.25, 0.3) is 0 Å². The molecule has 0 aliphatic rings. The van der Waals surface area contributed by atoms with E-state index in [4.69, 9.17) is 15.6 Å². The van der Waals surface area contributed by atoms with Crippen molar-refractivity contribution in [2.45, 2.75) is 46.4 Å². The Bertz CT molecular complexity index is 1100. The molecule has 0 fully saturated rings. The van der Waals surface area contributed by atoms with Crippen LogP contribution in [0.4, 0.5) is 15.3 Å². The van der Waals surface area contributed by atoms with Crippen LogP contribution in [0.1, 0.15) is 31.9 Å². The quantitative estimate of drug-likeness (QED) is 0.339. The van der Waals surface area contributed by atoms with E-state index < -0.39 is 36.5 Å². The molecule has 2 aromatic rings. The van der Waals surface area contributed by atoms with E-state index in [2.05, 4.69) is 10.3 Å². The molecule has 0 radical (unpaired) electrons. The fourth-order valence-corrected chi connectivity index (χ4v) is 2.95. The predicted octanol–water partition coefficient (Wildman–Crippen LogP) is 3.03. The van der Waals surface area contributed by atoms with Crippen molar-refractivity contribution in [2.24, 2.45) is 10.7 Å². The van der Waals surface area contributed by atoms with Crippen molar-refractivity contribution >= 4 is 36.0 Å². The average Bonchev–Trinajstić information content (AvgIpc) is 2.81. The summed E-state index contributed by atoms with van der Waals surface area (Å²) in [5.74, 6) is -1.46. The molecule has 0 unspecified atom stereocenters. The molecule has 36 heavy (non-hydrogen) atoms. The van der Waals surface area contributed by atoms with Gasteiger partial charge in [-0.3, -0.25) is 14.5 Å². The Labute approximate surface area is 209 Å². The number of urea groups is 2. The number of carbonyl (C=O) groups is 4. The summed E-state index contributed by atoms with van der Waals surface area (Å²) in [6, 6.07) is 11.0. The van der Waals surface area contributed by atoms with Crippen LogP contribution in [0.15, 0.2) is 53.5 Å². The highest BCUT2D eigenvalue weighted by molar-refractivity contribution is 6.01. The summed E-state index contributed by atoms with van der Waals surface area (Å²) in [6.07, 6.45) is 1.26. The molecule has 0 aromatic heterocycles. The maximum absolute atomic E-state index is 13.3. The van der Waals surface area contributed by atoms with Crippen LogP contribution < -0.4 is 15.8 Å². The van der Waals surface area contributed by atoms with Crippen molar-refractivity contribution < 1.29 is 29.0 Å². The number of carboxylic acid groups (broad SMARTS) is 1. The SMILES string of the molecule is Cc1ccc(CN(C=Nc2ccc(OC(C)C)cc2)C(=O)N(CC(=O)N[C@@H](C)C(=O)O)C(N)=O)cc1. The van der Waals surface area contributed by atoms with Crippen molar-refractivity contribution in [1.29, 1.82) is 0 Å². The van der Waals surface area contributed by atoms with Gasteiger partial charge in [-0.2, -0.15) is 0 Å². The Morgan fingerprint density at radius 3 is 2.19 bits per heavy atom. The van der Waals surface area contributed by atoms with Crippen molar-refractivity contribution in [3.05, 3.63) is 59.7 Å². The van der Waals surface area contributed by atoms with Gasteiger partial charge in [0.1, 0.15) is 18.3 Å². The molecular weight excluding hydrogens is 466 g/mol. The fourth-order valence-electron chi connectivity index (χ4n) is 2.95. The Balaban J connectivity index is 2.28. The number of imide groups is 1. The van der Waals surface area contributed by atoms with Gasteiger partial charge in [-0.1, -0.05) is 29.8 Å². The number of aryl methyl sites for hydroxylation is 1. The molecule has 11 nitrogen and oxygen atoms in total. The van der Waals surface area contributed by atoms with Crippen molar-refractivity contribution in [3.63, 3.8) is 0 Å². The number of nitrogens with two attached hydrogens (primary N) is 1. The van der Waals surface area contributed by atoms with E-state index in [0.717, 1.165) is 16.0 Å². The first kappa shape index (κ1) is 27.8. The smallest absolute Gasteiger partial charge is 0.334 e. The monoisotopic (exact) mass is 497 g/mol. The molecule has 1 atom stereocenters. The second-order valence-electron chi connectivity index (χ2n) is 8.35. The zero-order valence-corrected chi connectivity index (χ0v) is 20.7. The van der Waals surface area contributed by atoms with E-state index in [-0.39, 0.29) is 12.6 Å². The average molecular weight is 498 g/mol. The number of hydrogen-bond donors (Lipinski definition) is 3. The third-order valence-corrected chi connectivity index (χ3v) is 4.82. The molecule has 5 amide bonds. The highest BCUT2D eigenvalue weighted by atomic mass is 16.5. The molecule has 0 saturated carbocycles. The highest BCUT2D eigenvalue weighted by Gasteiger charge is 2.28. The number of nitrogens with zero attached hydrogens (tertiary/aromatic N) is 3. The highest BCUT2D eigenvalue weighted by Crippen LogP contribution is 2.19. The first-order valence-corrected chi connectivity index (χ1v) is 11.2. The molecule has 0 aliphatic carbocycles. The van der Waals surface area contributed by atoms with Crippen molar-refractivity contribution in [3.8, 4) is 5.75 Å². The summed E-state index contributed by atoms with van der Waals surface area (Å²) in [7, 11) is 0. The molecule has 4 N–H and O–H groups in total. The van der Waals surface area contributed by atoms with Crippen LogP contribution in [0.3, 0.4) is 0 Å². The third-order valence-electron chi connectivity index (χ3n) is 4.82. The van der Waals surface area contributed by atoms with Crippen LogP contribution in [-0.4, -0.2) is 63.9 Å². The lowest BCUT2D eigenvalue weighted by Crippen LogP contribution is -2.53. The summed E-state index contributed by atoms with van der Waals surface area (Å²) in [4.78, 5) is 54.5. The molecular formula is C25H31N5O6. The molecule has 0 saturated heterocycles. The minimum absolute atomic E-state index is 0.0115. The molecule has 2 aromatic carbocycles. The minimum Gasteiger partial charge on any atom is -0.491 e. The van der Waals surface area contributed by atoms with Gasteiger partial charge in [0.05, 0.1) is 24.7 Å². The van der Waals surface area contributed by atoms with Crippen LogP contribution in [-0.2, 0) is 16.1 Å². The Morgan fingerprint density at radius 1 is 1.06 bits per heavy atom. The molecule has 0 spiro atoms. The van der Waals surface area contributed by atoms with Gasteiger partial charge in [-0.25, -0.2) is 19.5 Å². The standard InChI is InChI=1S/C25H31N5O6/c1-16(2)36-21-11-9-20(10-12-21)27-15-29(13-19-7-5-17(3)6-8-19)25(35)30(24(26)34)14-22(31)28-18(4)23(32)33/h5-12,15-16,18H,13-14H2,1-4H3,(H2,26,34)(H,28,31)(H,32,33)/t18-/m0/s1. The Morgan fingerprint density at radius 2 is 1.67 bits per heavy atom. The zero-order valence-electron chi connectivity index (χ0n) is 20.7. The first-order valence-electron chi connectivity index (χ1n) is 11.2. The number of aliphatic imine (C=N–C) groups is 1. The van der Waals surface area contributed by atoms with Crippen molar-refractivity contribution in [1.82, 2.24) is 15.1 Å². The van der Waals surface area contributed by atoms with Gasteiger partial charge in [0.25, 0.3) is 0 Å². The lowest BCUT2D eigenvalue weighted by atomic mass is 10.1. The summed E-state index contributed by atoms with van der Waals surface area (Å²) < 4.78 is 5.61. The van der Waals surface area contributed by atoms with Gasteiger partial charge < -0.3 is 20.9 Å². The number of carbonyl (C=O) groups excluding carboxylic acids is 3. The van der Waals surface area contributed by atoms with Gasteiger partial charge in [-0.15, -0.1) is 0 Å². The molecule has 2 rings (SSSR count). The van der Waals surface area contributed by atoms with E-state index in [1.54, 1.807) is 24.3 Å². The molecule has 192 valence electrons. The van der Waals surface area contributed by atoms with E-state index in [9.17, 15) is 19.2 Å². The third kappa shape index (κ3) is 8.75. The Kier molecular flexibility index (Phi) is 9.96. The van der Waals surface area contributed by atoms with E-state index >= 15 is 0 Å². The van der Waals surface area contributed by atoms with Crippen LogP contribution >= 0.6 is 0 Å². The molecule has 0 heterocycles. The van der Waals surface area contributed by atoms with E-state index in [0.29, 0.717) is 16.3 Å². The van der Waals surface area contributed by atoms with Gasteiger partial charge >= 0.3 is 18.0 Å². The lowest BCUT2D eigenvalue weighted by Gasteiger charge is -2.25. The van der Waals surface area contributed by atoms with Crippen LogP contribution in [0.2, 0.25) is 0 Å². The van der Waals surface area contributed by atoms with Gasteiger partial charge in [0.15, 0.2) is 0 Å². The van der Waals surface area contributed by atoms with Crippen LogP contribution in [0, 0.1) is 6.92 Å². The number of aliphatic carboxylic acids is 1. The predicted molar refractivity (Wildman–Crippen MR) is 134 cm³/mol. The minimum atomic E-state index is -1.27. The molecule has 11 heteroatoms. The second-order valence-corrected chi connectivity index (χ2v) is 8.35. The van der Waals surface area contributed by atoms with Crippen LogP contribution in [0.5, 0.6) is 5.75 Å².